The van der Waals surface area contributed by atoms with Gasteiger partial charge in [-0.2, -0.15) is 0 Å². The van der Waals surface area contributed by atoms with Crippen LogP contribution in [0.1, 0.15) is 39.0 Å². The molecule has 3 atom stereocenters. The van der Waals surface area contributed by atoms with E-state index in [1.54, 1.807) is 5.57 Å². The summed E-state index contributed by atoms with van der Waals surface area (Å²) >= 11 is 0. The zero-order valence-electron chi connectivity index (χ0n) is 8.47. The zero-order chi connectivity index (χ0) is 9.00. The Morgan fingerprint density at radius 3 is 2.92 bits per heavy atom. The van der Waals surface area contributed by atoms with E-state index in [1.165, 1.54) is 32.1 Å². The fourth-order valence-electron chi connectivity index (χ4n) is 3.65. The molecule has 0 aromatic heterocycles. The summed E-state index contributed by atoms with van der Waals surface area (Å²) in [5.41, 5.74) is 5.22. The van der Waals surface area contributed by atoms with Gasteiger partial charge in [0.1, 0.15) is 0 Å². The van der Waals surface area contributed by atoms with E-state index in [0.29, 0.717) is 0 Å². The summed E-state index contributed by atoms with van der Waals surface area (Å²) in [6, 6.07) is 0. The van der Waals surface area contributed by atoms with Gasteiger partial charge < -0.3 is 0 Å². The van der Waals surface area contributed by atoms with Gasteiger partial charge in [0.25, 0.3) is 0 Å². The van der Waals surface area contributed by atoms with Gasteiger partial charge >= 0.3 is 0 Å². The molecular weight excluding hydrogens is 156 g/mol. The van der Waals surface area contributed by atoms with Gasteiger partial charge in [0.2, 0.25) is 0 Å². The summed E-state index contributed by atoms with van der Waals surface area (Å²) < 4.78 is 0. The molecule has 0 spiro atoms. The average molecular weight is 174 g/mol. The number of rotatable bonds is 0. The van der Waals surface area contributed by atoms with E-state index in [2.05, 4.69) is 13.5 Å². The smallest absolute Gasteiger partial charge is 0.00131 e. The third kappa shape index (κ3) is 0.978. The molecule has 3 aliphatic carbocycles. The Morgan fingerprint density at radius 1 is 1.23 bits per heavy atom. The fourth-order valence-corrected chi connectivity index (χ4v) is 3.65. The molecule has 0 saturated heterocycles. The molecule has 1 saturated carbocycles. The lowest BCUT2D eigenvalue weighted by Crippen LogP contribution is -2.14. The number of allylic oxidation sites excluding steroid dienone is 3. The molecule has 3 unspecified atom stereocenters. The Hall–Kier alpha value is -0.520. The average Bonchev–Trinajstić information content (AvgIpc) is 2.61. The lowest BCUT2D eigenvalue weighted by molar-refractivity contribution is 0.464. The summed E-state index contributed by atoms with van der Waals surface area (Å²) in [5.74, 6) is 2.70. The highest BCUT2D eigenvalue weighted by molar-refractivity contribution is 5.40. The Morgan fingerprint density at radius 2 is 2.08 bits per heavy atom. The minimum atomic E-state index is 0.826. The largest absolute Gasteiger partial charge is 0.0992 e. The van der Waals surface area contributed by atoms with Crippen LogP contribution in [0.25, 0.3) is 0 Å². The Balaban J connectivity index is 1.98. The standard InChI is InChI=1S/C13H18/c1-8-3-4-11-12-7-10(6-9(12)2)13(11)5-8/h8,10,12H,2-7H2,1H3. The Kier molecular flexibility index (Phi) is 1.51. The second kappa shape index (κ2) is 2.50. The molecule has 0 radical (unpaired) electrons. The molecule has 0 heteroatoms. The third-order valence-electron chi connectivity index (χ3n) is 4.32. The molecule has 0 amide bonds. The third-order valence-corrected chi connectivity index (χ3v) is 4.32. The summed E-state index contributed by atoms with van der Waals surface area (Å²) in [5, 5.41) is 0. The van der Waals surface area contributed by atoms with Crippen LogP contribution in [0, 0.1) is 17.8 Å². The molecule has 2 bridgehead atoms. The summed E-state index contributed by atoms with van der Waals surface area (Å²) in [6.07, 6.45) is 6.96. The molecule has 13 heavy (non-hydrogen) atoms. The molecule has 0 aliphatic heterocycles. The lowest BCUT2D eigenvalue weighted by Gasteiger charge is -2.29. The fraction of sp³-hybridized carbons (Fsp3) is 0.692. The van der Waals surface area contributed by atoms with Crippen LogP contribution in [-0.4, -0.2) is 0 Å². The predicted molar refractivity (Wildman–Crippen MR) is 55.4 cm³/mol. The number of fused-ring (bicyclic) bond motifs is 4. The van der Waals surface area contributed by atoms with E-state index >= 15 is 0 Å². The van der Waals surface area contributed by atoms with Crippen LogP contribution >= 0.6 is 0 Å². The molecule has 0 aromatic carbocycles. The molecule has 0 heterocycles. The predicted octanol–water partition coefficient (Wildman–Crippen LogP) is 3.70. The van der Waals surface area contributed by atoms with Gasteiger partial charge in [-0.15, -0.1) is 0 Å². The normalized spacial score (nSPS) is 42.8. The molecule has 3 aliphatic rings. The zero-order valence-corrected chi connectivity index (χ0v) is 8.47. The van der Waals surface area contributed by atoms with Crippen LogP contribution < -0.4 is 0 Å². The van der Waals surface area contributed by atoms with E-state index in [9.17, 15) is 0 Å². The van der Waals surface area contributed by atoms with E-state index in [-0.39, 0.29) is 0 Å². The van der Waals surface area contributed by atoms with Crippen LogP contribution in [0.15, 0.2) is 23.3 Å². The van der Waals surface area contributed by atoms with Crippen molar-refractivity contribution < 1.29 is 0 Å². The highest BCUT2D eigenvalue weighted by Crippen LogP contribution is 2.56. The maximum atomic E-state index is 4.21. The van der Waals surface area contributed by atoms with Crippen LogP contribution in [-0.2, 0) is 0 Å². The molecule has 0 aromatic rings. The molecule has 3 rings (SSSR count). The van der Waals surface area contributed by atoms with Crippen molar-refractivity contribution in [2.45, 2.75) is 39.0 Å². The van der Waals surface area contributed by atoms with Gasteiger partial charge in [0.05, 0.1) is 0 Å². The minimum Gasteiger partial charge on any atom is -0.0992 e. The van der Waals surface area contributed by atoms with E-state index in [1.807, 2.05) is 11.1 Å². The van der Waals surface area contributed by atoms with Gasteiger partial charge in [-0.05, 0) is 43.9 Å². The molecule has 0 nitrogen and oxygen atoms in total. The molecule has 70 valence electrons. The van der Waals surface area contributed by atoms with Crippen molar-refractivity contribution in [1.29, 1.82) is 0 Å². The second-order valence-electron chi connectivity index (χ2n) is 5.25. The molecular formula is C13H18. The first kappa shape index (κ1) is 7.84. The van der Waals surface area contributed by atoms with Crippen LogP contribution in [0.4, 0.5) is 0 Å². The number of hydrogen-bond donors (Lipinski definition) is 0. The SMILES string of the molecule is C=C1CC2CC1C1=C2CC(C)CC1. The first-order chi connectivity index (χ1) is 6.25. The summed E-state index contributed by atoms with van der Waals surface area (Å²) in [6.45, 7) is 6.62. The van der Waals surface area contributed by atoms with Crippen molar-refractivity contribution in [3.63, 3.8) is 0 Å². The first-order valence-electron chi connectivity index (χ1n) is 5.65. The molecule has 1 fully saturated rings. The van der Waals surface area contributed by atoms with Gasteiger partial charge in [0.15, 0.2) is 0 Å². The van der Waals surface area contributed by atoms with E-state index in [0.717, 1.165) is 17.8 Å². The number of hydrogen-bond acceptors (Lipinski definition) is 0. The lowest BCUT2D eigenvalue weighted by atomic mass is 9.77. The Labute approximate surface area is 80.7 Å². The van der Waals surface area contributed by atoms with E-state index in [4.69, 9.17) is 0 Å². The summed E-state index contributed by atoms with van der Waals surface area (Å²) in [4.78, 5) is 0. The van der Waals surface area contributed by atoms with Crippen molar-refractivity contribution in [3.8, 4) is 0 Å². The highest BCUT2D eigenvalue weighted by atomic mass is 14.5. The van der Waals surface area contributed by atoms with Crippen molar-refractivity contribution >= 4 is 0 Å². The van der Waals surface area contributed by atoms with Gasteiger partial charge in [0, 0.05) is 5.92 Å². The van der Waals surface area contributed by atoms with E-state index < -0.39 is 0 Å². The van der Waals surface area contributed by atoms with Crippen molar-refractivity contribution in [2.24, 2.45) is 17.8 Å². The van der Waals surface area contributed by atoms with Crippen LogP contribution in [0.5, 0.6) is 0 Å². The Bertz CT molecular complexity index is 295. The second-order valence-corrected chi connectivity index (χ2v) is 5.25. The van der Waals surface area contributed by atoms with Crippen LogP contribution in [0.3, 0.4) is 0 Å². The van der Waals surface area contributed by atoms with Gasteiger partial charge in [-0.25, -0.2) is 0 Å². The van der Waals surface area contributed by atoms with Crippen molar-refractivity contribution in [1.82, 2.24) is 0 Å². The van der Waals surface area contributed by atoms with Crippen molar-refractivity contribution in [3.05, 3.63) is 23.3 Å². The van der Waals surface area contributed by atoms with Crippen LogP contribution in [0.2, 0.25) is 0 Å². The van der Waals surface area contributed by atoms with Crippen molar-refractivity contribution in [2.75, 3.05) is 0 Å². The first-order valence-corrected chi connectivity index (χ1v) is 5.65. The quantitative estimate of drug-likeness (QED) is 0.491. The molecule has 0 N–H and O–H groups in total. The maximum Gasteiger partial charge on any atom is 0.00131 e. The van der Waals surface area contributed by atoms with Gasteiger partial charge in [-0.3, -0.25) is 0 Å². The highest BCUT2D eigenvalue weighted by Gasteiger charge is 2.42. The monoisotopic (exact) mass is 174 g/mol. The maximum absolute atomic E-state index is 4.21. The minimum absolute atomic E-state index is 0.826. The summed E-state index contributed by atoms with van der Waals surface area (Å²) in [7, 11) is 0. The topological polar surface area (TPSA) is 0 Å². The van der Waals surface area contributed by atoms with Gasteiger partial charge in [-0.1, -0.05) is 30.2 Å².